The molecule has 1 aromatic heterocycles. The van der Waals surface area contributed by atoms with E-state index in [1.54, 1.807) is 7.11 Å². The van der Waals surface area contributed by atoms with E-state index in [2.05, 4.69) is 35.0 Å². The molecule has 4 rings (SSSR count). The Morgan fingerprint density at radius 3 is 2.38 bits per heavy atom. The number of para-hydroxylation sites is 2. The molecule has 0 atom stereocenters. The summed E-state index contributed by atoms with van der Waals surface area (Å²) in [5.74, 6) is 2.71. The first-order valence-corrected chi connectivity index (χ1v) is 9.74. The van der Waals surface area contributed by atoms with Gasteiger partial charge in [0.15, 0.2) is 0 Å². The lowest BCUT2D eigenvalue weighted by molar-refractivity contribution is 0.298. The number of methoxy groups -OCH3 is 1. The first kappa shape index (κ1) is 18.9. The summed E-state index contributed by atoms with van der Waals surface area (Å²) >= 11 is 0. The van der Waals surface area contributed by atoms with Gasteiger partial charge in [-0.3, -0.25) is 0 Å². The molecule has 5 nitrogen and oxygen atoms in total. The first-order valence-electron chi connectivity index (χ1n) is 9.74. The van der Waals surface area contributed by atoms with Gasteiger partial charge in [-0.25, -0.2) is 4.98 Å². The Bertz CT molecular complexity index is 1070. The van der Waals surface area contributed by atoms with Gasteiger partial charge in [0.2, 0.25) is 0 Å². The maximum absolute atomic E-state index is 5.94. The highest BCUT2D eigenvalue weighted by Gasteiger charge is 2.10. The molecule has 0 radical (unpaired) electrons. The predicted octanol–water partition coefficient (Wildman–Crippen LogP) is 5.04. The molecular formula is C24H25N3O2. The fourth-order valence-corrected chi connectivity index (χ4v) is 3.29. The van der Waals surface area contributed by atoms with E-state index < -0.39 is 0 Å². The van der Waals surface area contributed by atoms with Crippen LogP contribution < -0.4 is 14.8 Å². The summed E-state index contributed by atoms with van der Waals surface area (Å²) < 4.78 is 13.4. The molecule has 1 N–H and O–H groups in total. The summed E-state index contributed by atoms with van der Waals surface area (Å²) in [6, 6.07) is 24.2. The van der Waals surface area contributed by atoms with Crippen molar-refractivity contribution in [3.8, 4) is 11.5 Å². The largest absolute Gasteiger partial charge is 0.497 e. The molecule has 4 aromatic rings. The maximum atomic E-state index is 5.94. The average molecular weight is 387 g/mol. The maximum Gasteiger partial charge on any atom is 0.129 e. The highest BCUT2D eigenvalue weighted by atomic mass is 16.5. The Morgan fingerprint density at radius 1 is 0.897 bits per heavy atom. The molecule has 0 bridgehead atoms. The number of aromatic nitrogens is 2. The van der Waals surface area contributed by atoms with Crippen molar-refractivity contribution in [1.82, 2.24) is 9.55 Å². The lowest BCUT2D eigenvalue weighted by Crippen LogP contribution is -2.13. The van der Waals surface area contributed by atoms with Crippen LogP contribution >= 0.6 is 0 Å². The van der Waals surface area contributed by atoms with Gasteiger partial charge >= 0.3 is 0 Å². The predicted molar refractivity (Wildman–Crippen MR) is 117 cm³/mol. The molecule has 0 saturated heterocycles. The van der Waals surface area contributed by atoms with Crippen molar-refractivity contribution in [1.29, 1.82) is 0 Å². The third kappa shape index (κ3) is 4.51. The average Bonchev–Trinajstić information content (AvgIpc) is 3.11. The van der Waals surface area contributed by atoms with Crippen LogP contribution in [0.4, 0.5) is 5.69 Å². The summed E-state index contributed by atoms with van der Waals surface area (Å²) in [5, 5.41) is 3.45. The minimum absolute atomic E-state index is 0.582. The van der Waals surface area contributed by atoms with Crippen molar-refractivity contribution in [3.63, 3.8) is 0 Å². The van der Waals surface area contributed by atoms with E-state index in [9.17, 15) is 0 Å². The van der Waals surface area contributed by atoms with Crippen LogP contribution in [0.2, 0.25) is 0 Å². The van der Waals surface area contributed by atoms with Crippen LogP contribution in [-0.2, 0) is 13.1 Å². The van der Waals surface area contributed by atoms with Crippen LogP contribution in [0, 0.1) is 6.92 Å². The van der Waals surface area contributed by atoms with E-state index in [0.717, 1.165) is 40.6 Å². The number of hydrogen-bond acceptors (Lipinski definition) is 4. The molecule has 0 aliphatic carbocycles. The van der Waals surface area contributed by atoms with Gasteiger partial charge in [-0.05, 0) is 55.5 Å². The first-order chi connectivity index (χ1) is 14.2. The van der Waals surface area contributed by atoms with Crippen LogP contribution in [-0.4, -0.2) is 23.3 Å². The van der Waals surface area contributed by atoms with Gasteiger partial charge in [-0.2, -0.15) is 0 Å². The van der Waals surface area contributed by atoms with Gasteiger partial charge < -0.3 is 19.4 Å². The van der Waals surface area contributed by atoms with Gasteiger partial charge in [0.05, 0.1) is 31.2 Å². The number of fused-ring (bicyclic) bond motifs is 1. The van der Waals surface area contributed by atoms with E-state index in [-0.39, 0.29) is 0 Å². The van der Waals surface area contributed by atoms with Crippen LogP contribution in [0.1, 0.15) is 11.4 Å². The molecule has 29 heavy (non-hydrogen) atoms. The Hall–Kier alpha value is -3.47. The Balaban J connectivity index is 1.48. The smallest absolute Gasteiger partial charge is 0.129 e. The normalized spacial score (nSPS) is 10.8. The third-order valence-electron chi connectivity index (χ3n) is 4.88. The lowest BCUT2D eigenvalue weighted by atomic mass is 10.2. The minimum atomic E-state index is 0.582. The summed E-state index contributed by atoms with van der Waals surface area (Å²) in [6.45, 7) is 4.02. The zero-order chi connectivity index (χ0) is 20.1. The fraction of sp³-hybridized carbons (Fsp3) is 0.208. The molecule has 1 heterocycles. The van der Waals surface area contributed by atoms with Crippen LogP contribution in [0.15, 0.2) is 72.8 Å². The van der Waals surface area contributed by atoms with E-state index in [0.29, 0.717) is 13.2 Å². The molecule has 0 spiro atoms. The van der Waals surface area contributed by atoms with Crippen molar-refractivity contribution in [2.45, 2.75) is 20.0 Å². The number of hydrogen-bond donors (Lipinski definition) is 1. The van der Waals surface area contributed by atoms with Gasteiger partial charge in [-0.1, -0.05) is 29.8 Å². The van der Waals surface area contributed by atoms with Gasteiger partial charge in [0, 0.05) is 5.69 Å². The summed E-state index contributed by atoms with van der Waals surface area (Å²) in [4.78, 5) is 4.82. The van der Waals surface area contributed by atoms with E-state index in [1.807, 2.05) is 54.6 Å². The number of rotatable bonds is 8. The van der Waals surface area contributed by atoms with Gasteiger partial charge in [-0.15, -0.1) is 0 Å². The summed E-state index contributed by atoms with van der Waals surface area (Å²) in [6.07, 6.45) is 0. The molecule has 0 fully saturated rings. The summed E-state index contributed by atoms with van der Waals surface area (Å²) in [7, 11) is 1.67. The fourth-order valence-electron chi connectivity index (χ4n) is 3.29. The number of ether oxygens (including phenoxy) is 2. The monoisotopic (exact) mass is 387 g/mol. The molecule has 0 amide bonds. The van der Waals surface area contributed by atoms with Crippen molar-refractivity contribution in [2.75, 3.05) is 19.0 Å². The van der Waals surface area contributed by atoms with Crippen LogP contribution in [0.5, 0.6) is 11.5 Å². The Kier molecular flexibility index (Phi) is 5.66. The second-order valence-corrected chi connectivity index (χ2v) is 6.91. The molecule has 3 aromatic carbocycles. The quantitative estimate of drug-likeness (QED) is 0.460. The lowest BCUT2D eigenvalue weighted by Gasteiger charge is -2.12. The zero-order valence-electron chi connectivity index (χ0n) is 16.8. The highest BCUT2D eigenvalue weighted by Crippen LogP contribution is 2.19. The number of aryl methyl sites for hydroxylation is 1. The van der Waals surface area contributed by atoms with Crippen molar-refractivity contribution in [3.05, 3.63) is 84.2 Å². The van der Waals surface area contributed by atoms with Crippen molar-refractivity contribution in [2.24, 2.45) is 0 Å². The molecular weight excluding hydrogens is 362 g/mol. The van der Waals surface area contributed by atoms with Crippen molar-refractivity contribution >= 4 is 16.7 Å². The van der Waals surface area contributed by atoms with Crippen LogP contribution in [0.3, 0.4) is 0 Å². The number of imidazole rings is 1. The van der Waals surface area contributed by atoms with Crippen molar-refractivity contribution < 1.29 is 9.47 Å². The number of anilines is 1. The molecule has 148 valence electrons. The van der Waals surface area contributed by atoms with Gasteiger partial charge in [0.1, 0.15) is 23.9 Å². The summed E-state index contributed by atoms with van der Waals surface area (Å²) in [5.41, 5.74) is 4.37. The second-order valence-electron chi connectivity index (χ2n) is 6.91. The van der Waals surface area contributed by atoms with E-state index >= 15 is 0 Å². The molecule has 0 aliphatic rings. The zero-order valence-corrected chi connectivity index (χ0v) is 16.8. The SMILES string of the molecule is COc1ccc(NCc2nc3ccccc3n2CCOc2ccc(C)cc2)cc1. The Labute approximate surface area is 170 Å². The molecule has 0 aliphatic heterocycles. The Morgan fingerprint density at radius 2 is 1.62 bits per heavy atom. The number of nitrogens with zero attached hydrogens (tertiary/aromatic N) is 2. The topological polar surface area (TPSA) is 48.3 Å². The molecule has 5 heteroatoms. The molecule has 0 unspecified atom stereocenters. The number of benzene rings is 3. The molecule has 0 saturated carbocycles. The second kappa shape index (κ2) is 8.69. The van der Waals surface area contributed by atoms with Crippen LogP contribution in [0.25, 0.3) is 11.0 Å². The highest BCUT2D eigenvalue weighted by molar-refractivity contribution is 5.76. The van der Waals surface area contributed by atoms with Gasteiger partial charge in [0.25, 0.3) is 0 Å². The standard InChI is InChI=1S/C24H25N3O2/c1-18-7-11-21(12-8-18)29-16-15-27-23-6-4-3-5-22(23)26-24(27)17-25-19-9-13-20(28-2)14-10-19/h3-14,25H,15-17H2,1-2H3. The van der Waals surface area contributed by atoms with E-state index in [1.165, 1.54) is 5.56 Å². The third-order valence-corrected chi connectivity index (χ3v) is 4.88. The minimum Gasteiger partial charge on any atom is -0.497 e. The number of nitrogens with one attached hydrogen (secondary N) is 1. The van der Waals surface area contributed by atoms with E-state index in [4.69, 9.17) is 14.5 Å².